The summed E-state index contributed by atoms with van der Waals surface area (Å²) in [6.45, 7) is 2.09. The second kappa shape index (κ2) is 12.3. The molecule has 8 heteroatoms. The van der Waals surface area contributed by atoms with E-state index in [1.165, 1.54) is 0 Å². The van der Waals surface area contributed by atoms with Crippen LogP contribution in [0.2, 0.25) is 5.02 Å². The zero-order valence-electron chi connectivity index (χ0n) is 20.9. The molecule has 1 aliphatic heterocycles. The van der Waals surface area contributed by atoms with Crippen LogP contribution in [-0.4, -0.2) is 65.2 Å². The zero-order chi connectivity index (χ0) is 26.5. The van der Waals surface area contributed by atoms with Crippen LogP contribution >= 0.6 is 11.6 Å². The van der Waals surface area contributed by atoms with E-state index in [1.54, 1.807) is 19.2 Å². The summed E-state index contributed by atoms with van der Waals surface area (Å²) in [5.41, 5.74) is 4.59. The van der Waals surface area contributed by atoms with E-state index in [1.807, 2.05) is 49.4 Å². The first kappa shape index (κ1) is 27.4. The number of halogens is 1. The van der Waals surface area contributed by atoms with Crippen molar-refractivity contribution < 1.29 is 34.6 Å². The lowest BCUT2D eigenvalue weighted by atomic mass is 9.89. The van der Waals surface area contributed by atoms with Crippen LogP contribution in [0, 0.1) is 0 Å². The van der Waals surface area contributed by atoms with Gasteiger partial charge in [-0.2, -0.15) is 0 Å². The molecule has 4 rings (SSSR count). The summed E-state index contributed by atoms with van der Waals surface area (Å²) in [5, 5.41) is 41.1. The minimum Gasteiger partial charge on any atom is -0.496 e. The lowest BCUT2D eigenvalue weighted by molar-refractivity contribution is -0.231. The van der Waals surface area contributed by atoms with E-state index in [0.29, 0.717) is 35.8 Å². The van der Waals surface area contributed by atoms with E-state index < -0.39 is 37.1 Å². The minimum atomic E-state index is -1.44. The van der Waals surface area contributed by atoms with Gasteiger partial charge in [0.25, 0.3) is 0 Å². The molecule has 37 heavy (non-hydrogen) atoms. The van der Waals surface area contributed by atoms with Crippen LogP contribution in [0.4, 0.5) is 0 Å². The van der Waals surface area contributed by atoms with Crippen molar-refractivity contribution in [2.24, 2.45) is 0 Å². The van der Waals surface area contributed by atoms with Crippen LogP contribution in [0.15, 0.2) is 60.7 Å². The first-order valence-electron chi connectivity index (χ1n) is 12.3. The summed E-state index contributed by atoms with van der Waals surface area (Å²) in [5.74, 6) is 1.49. The van der Waals surface area contributed by atoms with Crippen molar-refractivity contribution in [1.82, 2.24) is 0 Å². The molecule has 1 heterocycles. The Hall–Kier alpha value is -2.65. The number of hydrogen-bond acceptors (Lipinski definition) is 7. The Labute approximate surface area is 221 Å². The van der Waals surface area contributed by atoms with Crippen LogP contribution < -0.4 is 9.47 Å². The van der Waals surface area contributed by atoms with E-state index >= 15 is 0 Å². The standard InChI is InChI=1S/C29H33ClO7/c1-3-36-22-8-4-17(5-9-22)12-20-13-18(6-10-23(20)30)14-21-15-19(7-11-24(21)35-2)29-28(34)27(33)26(32)25(16-31)37-29/h4-11,13,15,25-29,31-34H,3,12,14,16H2,1-2H3/t25-,26-,27+,28-,29+/m1/s1. The van der Waals surface area contributed by atoms with Crippen molar-refractivity contribution in [3.05, 3.63) is 93.5 Å². The maximum atomic E-state index is 10.6. The summed E-state index contributed by atoms with van der Waals surface area (Å²) in [6, 6.07) is 19.3. The number of hydrogen-bond donors (Lipinski definition) is 4. The zero-order valence-corrected chi connectivity index (χ0v) is 21.6. The fourth-order valence-corrected chi connectivity index (χ4v) is 4.86. The van der Waals surface area contributed by atoms with Crippen molar-refractivity contribution in [1.29, 1.82) is 0 Å². The molecule has 0 unspecified atom stereocenters. The van der Waals surface area contributed by atoms with E-state index in [9.17, 15) is 20.4 Å². The fourth-order valence-electron chi connectivity index (χ4n) is 4.67. The van der Waals surface area contributed by atoms with Gasteiger partial charge in [-0.25, -0.2) is 0 Å². The largest absolute Gasteiger partial charge is 0.496 e. The van der Waals surface area contributed by atoms with Crippen molar-refractivity contribution in [2.45, 2.75) is 50.3 Å². The SMILES string of the molecule is CCOc1ccc(Cc2cc(Cc3cc([C@@H]4O[C@H](CO)[C@@H](O)[C@H](O)[C@H]4O)ccc3OC)ccc2Cl)cc1. The third-order valence-electron chi connectivity index (χ3n) is 6.66. The van der Waals surface area contributed by atoms with Crippen LogP contribution in [0.25, 0.3) is 0 Å². The fraction of sp³-hybridized carbons (Fsp3) is 0.379. The van der Waals surface area contributed by atoms with E-state index in [0.717, 1.165) is 28.0 Å². The van der Waals surface area contributed by atoms with E-state index in [4.69, 9.17) is 25.8 Å². The van der Waals surface area contributed by atoms with Crippen molar-refractivity contribution in [2.75, 3.05) is 20.3 Å². The second-order valence-corrected chi connectivity index (χ2v) is 9.58. The topological polar surface area (TPSA) is 109 Å². The molecule has 0 radical (unpaired) electrons. The highest BCUT2D eigenvalue weighted by atomic mass is 35.5. The van der Waals surface area contributed by atoms with Crippen molar-refractivity contribution >= 4 is 11.6 Å². The molecule has 0 spiro atoms. The molecular weight excluding hydrogens is 496 g/mol. The Balaban J connectivity index is 1.57. The predicted octanol–water partition coefficient (Wildman–Crippen LogP) is 3.44. The number of aliphatic hydroxyl groups excluding tert-OH is 4. The van der Waals surface area contributed by atoms with Gasteiger partial charge in [0.2, 0.25) is 0 Å². The average Bonchev–Trinajstić information content (AvgIpc) is 2.91. The summed E-state index contributed by atoms with van der Waals surface area (Å²) < 4.78 is 16.8. The molecule has 1 saturated heterocycles. The Morgan fingerprint density at radius 1 is 0.838 bits per heavy atom. The highest BCUT2D eigenvalue weighted by molar-refractivity contribution is 6.31. The number of ether oxygens (including phenoxy) is 3. The van der Waals surface area contributed by atoms with Gasteiger partial charge in [0, 0.05) is 11.4 Å². The molecule has 1 aliphatic rings. The van der Waals surface area contributed by atoms with E-state index in [2.05, 4.69) is 6.07 Å². The average molecular weight is 529 g/mol. The van der Waals surface area contributed by atoms with Gasteiger partial charge >= 0.3 is 0 Å². The van der Waals surface area contributed by atoms with Gasteiger partial charge in [-0.15, -0.1) is 0 Å². The highest BCUT2D eigenvalue weighted by Crippen LogP contribution is 2.35. The molecule has 1 fully saturated rings. The summed E-state index contributed by atoms with van der Waals surface area (Å²) in [6.07, 6.45) is -4.89. The second-order valence-electron chi connectivity index (χ2n) is 9.18. The van der Waals surface area contributed by atoms with E-state index in [-0.39, 0.29) is 0 Å². The molecule has 3 aromatic rings. The van der Waals surface area contributed by atoms with Crippen molar-refractivity contribution in [3.8, 4) is 11.5 Å². The highest BCUT2D eigenvalue weighted by Gasteiger charge is 2.44. The van der Waals surface area contributed by atoms with Crippen LogP contribution in [0.3, 0.4) is 0 Å². The van der Waals surface area contributed by atoms with Gasteiger partial charge in [-0.3, -0.25) is 0 Å². The van der Waals surface area contributed by atoms with Gasteiger partial charge in [0.1, 0.15) is 42.0 Å². The Morgan fingerprint density at radius 3 is 2.22 bits per heavy atom. The molecule has 198 valence electrons. The van der Waals surface area contributed by atoms with Gasteiger partial charge < -0.3 is 34.6 Å². The first-order valence-corrected chi connectivity index (χ1v) is 12.7. The Kier molecular flexibility index (Phi) is 9.08. The molecule has 0 amide bonds. The van der Waals surface area contributed by atoms with Gasteiger partial charge in [-0.1, -0.05) is 41.9 Å². The summed E-state index contributed by atoms with van der Waals surface area (Å²) in [7, 11) is 1.59. The Morgan fingerprint density at radius 2 is 1.54 bits per heavy atom. The summed E-state index contributed by atoms with van der Waals surface area (Å²) >= 11 is 6.53. The van der Waals surface area contributed by atoms with Crippen LogP contribution in [0.5, 0.6) is 11.5 Å². The monoisotopic (exact) mass is 528 g/mol. The molecule has 4 N–H and O–H groups in total. The molecule has 5 atom stereocenters. The van der Waals surface area contributed by atoms with Crippen LogP contribution in [0.1, 0.15) is 40.8 Å². The quantitative estimate of drug-likeness (QED) is 0.337. The minimum absolute atomic E-state index is 0.480. The molecule has 3 aromatic carbocycles. The molecule has 0 aromatic heterocycles. The molecular formula is C29H33ClO7. The maximum absolute atomic E-state index is 10.6. The lowest BCUT2D eigenvalue weighted by Gasteiger charge is -2.40. The number of methoxy groups -OCH3 is 1. The lowest BCUT2D eigenvalue weighted by Crippen LogP contribution is -2.55. The third kappa shape index (κ3) is 6.26. The van der Waals surface area contributed by atoms with Crippen LogP contribution in [-0.2, 0) is 17.6 Å². The number of rotatable bonds is 9. The summed E-state index contributed by atoms with van der Waals surface area (Å²) in [4.78, 5) is 0. The van der Waals surface area contributed by atoms with Crippen molar-refractivity contribution in [3.63, 3.8) is 0 Å². The third-order valence-corrected chi connectivity index (χ3v) is 7.03. The first-order chi connectivity index (χ1) is 17.8. The number of aliphatic hydroxyl groups is 4. The maximum Gasteiger partial charge on any atom is 0.122 e. The molecule has 0 bridgehead atoms. The molecule has 7 nitrogen and oxygen atoms in total. The Bertz CT molecular complexity index is 1180. The predicted molar refractivity (Wildman–Crippen MR) is 140 cm³/mol. The van der Waals surface area contributed by atoms with Gasteiger partial charge in [0.15, 0.2) is 0 Å². The normalized spacial score (nSPS) is 23.6. The molecule has 0 aliphatic carbocycles. The number of benzene rings is 3. The molecule has 0 saturated carbocycles. The van der Waals surface area contributed by atoms with Gasteiger partial charge in [0.05, 0.1) is 20.3 Å². The van der Waals surface area contributed by atoms with Gasteiger partial charge in [-0.05, 0) is 71.5 Å². The smallest absolute Gasteiger partial charge is 0.122 e.